The molecule has 2 heterocycles. The Balaban J connectivity index is 1.74. The van der Waals surface area contributed by atoms with Crippen LogP contribution in [-0.4, -0.2) is 74.0 Å². The Morgan fingerprint density at radius 3 is 2.22 bits per heavy atom. The second-order valence-electron chi connectivity index (χ2n) is 10.7. The number of benzene rings is 2. The summed E-state index contributed by atoms with van der Waals surface area (Å²) >= 11 is 3.28. The number of methoxy groups -OCH3 is 1. The number of sulfonamides is 1. The van der Waals surface area contributed by atoms with Crippen LogP contribution in [0.5, 0.6) is 29.1 Å². The summed E-state index contributed by atoms with van der Waals surface area (Å²) in [5.74, 6) is 0.325. The first-order chi connectivity index (χ1) is 21.4. The predicted molar refractivity (Wildman–Crippen MR) is 172 cm³/mol. The Labute approximate surface area is 270 Å². The normalized spacial score (nSPS) is 11.5. The number of nitrogens with zero attached hydrogens (tertiary/aromatic N) is 5. The molecule has 15 heteroatoms. The van der Waals surface area contributed by atoms with Gasteiger partial charge in [0.25, 0.3) is 15.9 Å². The minimum absolute atomic E-state index is 0.0213. The van der Waals surface area contributed by atoms with Crippen LogP contribution in [0.4, 0.5) is 11.8 Å². The lowest BCUT2D eigenvalue weighted by atomic mass is 9.87. The number of para-hydroxylation sites is 2. The maximum atomic E-state index is 13.7. The first-order valence-corrected chi connectivity index (χ1v) is 16.1. The van der Waals surface area contributed by atoms with E-state index in [2.05, 4.69) is 40.6 Å². The molecule has 4 aromatic rings. The fourth-order valence-electron chi connectivity index (χ4n) is 3.88. The third-order valence-electron chi connectivity index (χ3n) is 6.29. The smallest absolute Gasteiger partial charge is 0.316 e. The van der Waals surface area contributed by atoms with E-state index in [1.165, 1.54) is 19.2 Å². The number of nitrogens with one attached hydrogen (secondary N) is 1. The van der Waals surface area contributed by atoms with Crippen molar-refractivity contribution in [1.82, 2.24) is 19.9 Å². The summed E-state index contributed by atoms with van der Waals surface area (Å²) in [7, 11) is -1.03. The predicted octanol–water partition coefficient (Wildman–Crippen LogP) is 4.81. The minimum Gasteiger partial charge on any atom is -0.493 e. The zero-order valence-electron chi connectivity index (χ0n) is 25.5. The van der Waals surface area contributed by atoms with E-state index < -0.39 is 10.0 Å². The van der Waals surface area contributed by atoms with Crippen molar-refractivity contribution in [3.8, 4) is 29.1 Å². The first kappa shape index (κ1) is 33.7. The molecule has 0 fully saturated rings. The summed E-state index contributed by atoms with van der Waals surface area (Å²) < 4.78 is 53.8. The van der Waals surface area contributed by atoms with Crippen molar-refractivity contribution in [2.75, 3.05) is 50.1 Å². The highest BCUT2D eigenvalue weighted by Crippen LogP contribution is 2.41. The second-order valence-corrected chi connectivity index (χ2v) is 13.3. The monoisotopic (exact) mass is 702 g/mol. The summed E-state index contributed by atoms with van der Waals surface area (Å²) in [5, 5.41) is 9.55. The number of anilines is 2. The molecule has 4 rings (SSSR count). The Morgan fingerprint density at radius 1 is 0.956 bits per heavy atom. The SMILES string of the molecule is COc1ccccc1Oc1c(NS(=O)(=O)c2ccc(C(C)(C)C)cc2)nc(N(C)CCO)nc1OCCOc1ncc(Br)cn1. The van der Waals surface area contributed by atoms with E-state index in [0.29, 0.717) is 10.2 Å². The largest absolute Gasteiger partial charge is 0.493 e. The highest BCUT2D eigenvalue weighted by Gasteiger charge is 2.26. The highest BCUT2D eigenvalue weighted by molar-refractivity contribution is 9.10. The van der Waals surface area contributed by atoms with Crippen LogP contribution in [-0.2, 0) is 15.4 Å². The zero-order chi connectivity index (χ0) is 32.6. The molecule has 45 heavy (non-hydrogen) atoms. The van der Waals surface area contributed by atoms with Crippen LogP contribution >= 0.6 is 15.9 Å². The Bertz CT molecular complexity index is 1690. The van der Waals surface area contributed by atoms with Gasteiger partial charge in [0, 0.05) is 26.0 Å². The van der Waals surface area contributed by atoms with E-state index in [-0.39, 0.29) is 71.8 Å². The van der Waals surface area contributed by atoms with Crippen LogP contribution in [0.15, 0.2) is 70.3 Å². The average Bonchev–Trinajstić information content (AvgIpc) is 3.01. The lowest BCUT2D eigenvalue weighted by Gasteiger charge is -2.22. The van der Waals surface area contributed by atoms with Crippen molar-refractivity contribution in [3.63, 3.8) is 0 Å². The number of halogens is 1. The van der Waals surface area contributed by atoms with Gasteiger partial charge in [0.1, 0.15) is 13.2 Å². The van der Waals surface area contributed by atoms with E-state index in [1.54, 1.807) is 60.7 Å². The zero-order valence-corrected chi connectivity index (χ0v) is 27.9. The molecule has 2 aromatic carbocycles. The van der Waals surface area contributed by atoms with Gasteiger partial charge in [0.15, 0.2) is 17.3 Å². The van der Waals surface area contributed by atoms with Gasteiger partial charge in [0.2, 0.25) is 11.7 Å². The lowest BCUT2D eigenvalue weighted by Crippen LogP contribution is -2.25. The second kappa shape index (κ2) is 14.7. The van der Waals surface area contributed by atoms with Crippen molar-refractivity contribution in [2.24, 2.45) is 0 Å². The number of hydrogen-bond donors (Lipinski definition) is 2. The molecule has 2 aromatic heterocycles. The molecule has 0 bridgehead atoms. The summed E-state index contributed by atoms with van der Waals surface area (Å²) in [6.07, 6.45) is 3.09. The fourth-order valence-corrected chi connectivity index (χ4v) is 5.09. The van der Waals surface area contributed by atoms with Crippen LogP contribution in [0, 0.1) is 0 Å². The van der Waals surface area contributed by atoms with Crippen LogP contribution < -0.4 is 28.6 Å². The molecule has 13 nitrogen and oxygen atoms in total. The average molecular weight is 704 g/mol. The lowest BCUT2D eigenvalue weighted by molar-refractivity contribution is 0.197. The van der Waals surface area contributed by atoms with Crippen molar-refractivity contribution in [1.29, 1.82) is 0 Å². The van der Waals surface area contributed by atoms with Gasteiger partial charge in [-0.2, -0.15) is 9.97 Å². The third kappa shape index (κ3) is 8.93. The number of likely N-dealkylation sites (N-methyl/N-ethyl adjacent to an activating group) is 1. The molecule has 2 N–H and O–H groups in total. The van der Waals surface area contributed by atoms with Gasteiger partial charge < -0.3 is 29.0 Å². The molecule has 0 spiro atoms. The summed E-state index contributed by atoms with van der Waals surface area (Å²) in [6.45, 7) is 6.08. The summed E-state index contributed by atoms with van der Waals surface area (Å²) in [4.78, 5) is 18.7. The summed E-state index contributed by atoms with van der Waals surface area (Å²) in [6, 6.07) is 13.6. The van der Waals surface area contributed by atoms with E-state index in [4.69, 9.17) is 18.9 Å². The van der Waals surface area contributed by atoms with Crippen molar-refractivity contribution in [3.05, 3.63) is 71.0 Å². The standard InChI is InChI=1S/C30H35BrN6O7S/c1-30(2,3)20-10-12-22(13-11-20)45(39,40)36-26-25(44-24-9-7-6-8-23(24)41-5)27(35-28(34-26)37(4)14-15-38)42-16-17-43-29-32-18-21(31)19-33-29/h6-13,18-19,38H,14-17H2,1-5H3,(H,34,35,36). The maximum absolute atomic E-state index is 13.7. The van der Waals surface area contributed by atoms with Gasteiger partial charge in [-0.3, -0.25) is 4.72 Å². The van der Waals surface area contributed by atoms with Gasteiger partial charge in [-0.25, -0.2) is 18.4 Å². The van der Waals surface area contributed by atoms with E-state index in [0.717, 1.165) is 5.56 Å². The molecule has 0 aliphatic heterocycles. The molecule has 0 saturated heterocycles. The Morgan fingerprint density at radius 2 is 1.60 bits per heavy atom. The van der Waals surface area contributed by atoms with E-state index in [9.17, 15) is 13.5 Å². The van der Waals surface area contributed by atoms with Crippen LogP contribution in [0.2, 0.25) is 0 Å². The van der Waals surface area contributed by atoms with Crippen LogP contribution in [0.1, 0.15) is 26.3 Å². The van der Waals surface area contributed by atoms with E-state index >= 15 is 0 Å². The van der Waals surface area contributed by atoms with Crippen molar-refractivity contribution in [2.45, 2.75) is 31.1 Å². The first-order valence-electron chi connectivity index (χ1n) is 13.8. The summed E-state index contributed by atoms with van der Waals surface area (Å²) in [5.41, 5.74) is 0.812. The van der Waals surface area contributed by atoms with E-state index in [1.807, 2.05) is 20.8 Å². The molecular weight excluding hydrogens is 668 g/mol. The number of ether oxygens (including phenoxy) is 4. The molecule has 0 aliphatic carbocycles. The highest BCUT2D eigenvalue weighted by atomic mass is 79.9. The van der Waals surface area contributed by atoms with Gasteiger partial charge in [0.05, 0.1) is 23.1 Å². The molecule has 0 unspecified atom stereocenters. The van der Waals surface area contributed by atoms with Gasteiger partial charge in [-0.05, 0) is 51.2 Å². The molecule has 240 valence electrons. The molecular formula is C30H35BrN6O7S. The maximum Gasteiger partial charge on any atom is 0.316 e. The molecule has 0 amide bonds. The van der Waals surface area contributed by atoms with Crippen LogP contribution in [0.25, 0.3) is 0 Å². The number of aromatic nitrogens is 4. The Kier molecular flexibility index (Phi) is 11.0. The molecule has 0 atom stereocenters. The van der Waals surface area contributed by atoms with Crippen LogP contribution in [0.3, 0.4) is 0 Å². The molecule has 0 saturated carbocycles. The molecule has 0 radical (unpaired) electrons. The van der Waals surface area contributed by atoms with Gasteiger partial charge >= 0.3 is 6.01 Å². The fraction of sp³-hybridized carbons (Fsp3) is 0.333. The Hall–Kier alpha value is -4.21. The number of aliphatic hydroxyl groups is 1. The molecule has 0 aliphatic rings. The number of hydrogen-bond acceptors (Lipinski definition) is 12. The number of rotatable bonds is 14. The van der Waals surface area contributed by atoms with Gasteiger partial charge in [-0.1, -0.05) is 45.0 Å². The van der Waals surface area contributed by atoms with Gasteiger partial charge in [-0.15, -0.1) is 0 Å². The topological polar surface area (TPSA) is 158 Å². The van der Waals surface area contributed by atoms with Crippen molar-refractivity contribution >= 4 is 37.7 Å². The third-order valence-corrected chi connectivity index (χ3v) is 8.06. The minimum atomic E-state index is -4.16. The van der Waals surface area contributed by atoms with Crippen molar-refractivity contribution < 1.29 is 32.5 Å². The quantitative estimate of drug-likeness (QED) is 0.173. The number of aliphatic hydroxyl groups excluding tert-OH is 1.